The molecule has 0 unspecified atom stereocenters. The summed E-state index contributed by atoms with van der Waals surface area (Å²) < 4.78 is 16.0. The molecule has 4 nitrogen and oxygen atoms in total. The van der Waals surface area contributed by atoms with Crippen LogP contribution in [0.1, 0.15) is 16.7 Å². The molecule has 0 heterocycles. The highest BCUT2D eigenvalue weighted by atomic mass is 16.5. The molecule has 0 fully saturated rings. The number of rotatable bonds is 5. The summed E-state index contributed by atoms with van der Waals surface area (Å²) in [6.45, 7) is 2.01. The normalized spacial score (nSPS) is 10.8. The van der Waals surface area contributed by atoms with Gasteiger partial charge < -0.3 is 14.2 Å². The lowest BCUT2D eigenvalue weighted by atomic mass is 10.0. The Balaban J connectivity index is 2.52. The zero-order valence-corrected chi connectivity index (χ0v) is 13.7. The Morgan fingerprint density at radius 3 is 1.96 bits per heavy atom. The molecule has 0 aliphatic heterocycles. The molecule has 0 amide bonds. The van der Waals surface area contributed by atoms with E-state index < -0.39 is 0 Å². The molecule has 2 aromatic carbocycles. The van der Waals surface area contributed by atoms with Crippen molar-refractivity contribution in [2.24, 2.45) is 0 Å². The Labute approximate surface area is 136 Å². The lowest BCUT2D eigenvalue weighted by molar-refractivity contribution is 0.324. The van der Waals surface area contributed by atoms with Crippen LogP contribution in [0.5, 0.6) is 17.2 Å². The average molecular weight is 309 g/mol. The van der Waals surface area contributed by atoms with Crippen molar-refractivity contribution in [1.29, 1.82) is 5.26 Å². The van der Waals surface area contributed by atoms with E-state index in [0.717, 1.165) is 16.7 Å². The van der Waals surface area contributed by atoms with Crippen molar-refractivity contribution in [3.63, 3.8) is 0 Å². The highest BCUT2D eigenvalue weighted by Gasteiger charge is 2.13. The molecular formula is C19H19NO3. The van der Waals surface area contributed by atoms with Crippen molar-refractivity contribution in [2.45, 2.75) is 6.92 Å². The number of allylic oxidation sites excluding steroid dienone is 1. The van der Waals surface area contributed by atoms with Gasteiger partial charge >= 0.3 is 0 Å². The number of nitriles is 1. The molecule has 0 N–H and O–H groups in total. The van der Waals surface area contributed by atoms with Crippen LogP contribution < -0.4 is 14.2 Å². The summed E-state index contributed by atoms with van der Waals surface area (Å²) in [6, 6.07) is 13.7. The summed E-state index contributed by atoms with van der Waals surface area (Å²) in [4.78, 5) is 0. The van der Waals surface area contributed by atoms with E-state index in [-0.39, 0.29) is 0 Å². The van der Waals surface area contributed by atoms with Gasteiger partial charge in [0.2, 0.25) is 5.75 Å². The van der Waals surface area contributed by atoms with Gasteiger partial charge in [-0.2, -0.15) is 5.26 Å². The molecule has 4 heteroatoms. The minimum absolute atomic E-state index is 0.529. The van der Waals surface area contributed by atoms with Crippen LogP contribution in [-0.4, -0.2) is 21.3 Å². The fourth-order valence-corrected chi connectivity index (χ4v) is 2.26. The van der Waals surface area contributed by atoms with Crippen LogP contribution in [-0.2, 0) is 0 Å². The van der Waals surface area contributed by atoms with Crippen molar-refractivity contribution >= 4 is 11.6 Å². The maximum absolute atomic E-state index is 9.46. The summed E-state index contributed by atoms with van der Waals surface area (Å²) >= 11 is 0. The van der Waals surface area contributed by atoms with Gasteiger partial charge in [-0.15, -0.1) is 0 Å². The minimum Gasteiger partial charge on any atom is -0.493 e. The molecule has 0 aliphatic carbocycles. The predicted molar refractivity (Wildman–Crippen MR) is 90.8 cm³/mol. The summed E-state index contributed by atoms with van der Waals surface area (Å²) in [5.74, 6) is 1.64. The maximum Gasteiger partial charge on any atom is 0.203 e. The van der Waals surface area contributed by atoms with Gasteiger partial charge in [0.1, 0.15) is 0 Å². The number of hydrogen-bond donors (Lipinski definition) is 0. The quantitative estimate of drug-likeness (QED) is 0.617. The van der Waals surface area contributed by atoms with Crippen LogP contribution >= 0.6 is 0 Å². The summed E-state index contributed by atoms with van der Waals surface area (Å²) in [6.07, 6.45) is 1.80. The molecule has 0 radical (unpaired) electrons. The van der Waals surface area contributed by atoms with E-state index in [1.54, 1.807) is 27.4 Å². The first-order valence-electron chi connectivity index (χ1n) is 7.11. The topological polar surface area (TPSA) is 51.5 Å². The number of nitrogens with zero attached hydrogens (tertiary/aromatic N) is 1. The highest BCUT2D eigenvalue weighted by molar-refractivity contribution is 5.90. The van der Waals surface area contributed by atoms with E-state index in [9.17, 15) is 5.26 Å². The number of aryl methyl sites for hydroxylation is 1. The van der Waals surface area contributed by atoms with Gasteiger partial charge in [-0.05, 0) is 36.3 Å². The average Bonchev–Trinajstić information content (AvgIpc) is 2.59. The van der Waals surface area contributed by atoms with Crippen LogP contribution in [0.2, 0.25) is 0 Å². The molecule has 2 rings (SSSR count). The Bertz CT molecular complexity index is 730. The van der Waals surface area contributed by atoms with Crippen LogP contribution in [0.25, 0.3) is 11.6 Å². The van der Waals surface area contributed by atoms with Crippen LogP contribution in [0.3, 0.4) is 0 Å². The summed E-state index contributed by atoms with van der Waals surface area (Å²) in [5.41, 5.74) is 3.39. The first kappa shape index (κ1) is 16.4. The second-order valence-electron chi connectivity index (χ2n) is 4.99. The van der Waals surface area contributed by atoms with Crippen LogP contribution in [0, 0.1) is 18.3 Å². The van der Waals surface area contributed by atoms with Crippen molar-refractivity contribution in [3.05, 3.63) is 53.1 Å². The fraction of sp³-hybridized carbons (Fsp3) is 0.211. The third-order valence-corrected chi connectivity index (χ3v) is 3.48. The SMILES string of the molecule is COc1cc(/C=C(\C#N)c2ccc(C)cc2)cc(OC)c1OC. The molecule has 2 aromatic rings. The second-order valence-corrected chi connectivity index (χ2v) is 4.99. The maximum atomic E-state index is 9.46. The first-order valence-corrected chi connectivity index (χ1v) is 7.11. The largest absolute Gasteiger partial charge is 0.493 e. The molecule has 0 atom stereocenters. The Hall–Kier alpha value is -2.93. The molecule has 0 saturated carbocycles. The number of hydrogen-bond acceptors (Lipinski definition) is 4. The van der Waals surface area contributed by atoms with E-state index in [0.29, 0.717) is 22.8 Å². The standard InChI is InChI=1S/C19H19NO3/c1-13-5-7-15(8-6-13)16(12-20)9-14-10-17(21-2)19(23-4)18(11-14)22-3/h5-11H,1-4H3/b16-9+. The Morgan fingerprint density at radius 2 is 1.52 bits per heavy atom. The van der Waals surface area contributed by atoms with E-state index in [4.69, 9.17) is 14.2 Å². The molecular weight excluding hydrogens is 290 g/mol. The van der Waals surface area contributed by atoms with Crippen molar-refractivity contribution < 1.29 is 14.2 Å². The summed E-state index contributed by atoms with van der Waals surface area (Å²) in [7, 11) is 4.69. The smallest absolute Gasteiger partial charge is 0.203 e. The third kappa shape index (κ3) is 3.64. The van der Waals surface area contributed by atoms with Crippen LogP contribution in [0.4, 0.5) is 0 Å². The lowest BCUT2D eigenvalue weighted by Crippen LogP contribution is -1.95. The fourth-order valence-electron chi connectivity index (χ4n) is 2.26. The second kappa shape index (κ2) is 7.37. The van der Waals surface area contributed by atoms with Crippen molar-refractivity contribution in [1.82, 2.24) is 0 Å². The van der Waals surface area contributed by atoms with Crippen LogP contribution in [0.15, 0.2) is 36.4 Å². The van der Waals surface area contributed by atoms with Gasteiger partial charge in [-0.3, -0.25) is 0 Å². The third-order valence-electron chi connectivity index (χ3n) is 3.48. The number of methoxy groups -OCH3 is 3. The molecule has 0 aliphatic rings. The number of ether oxygens (including phenoxy) is 3. The van der Waals surface area contributed by atoms with E-state index in [1.165, 1.54) is 0 Å². The van der Waals surface area contributed by atoms with E-state index >= 15 is 0 Å². The van der Waals surface area contributed by atoms with Gasteiger partial charge in [0, 0.05) is 0 Å². The molecule has 0 spiro atoms. The van der Waals surface area contributed by atoms with Gasteiger partial charge in [-0.25, -0.2) is 0 Å². The molecule has 0 bridgehead atoms. The zero-order chi connectivity index (χ0) is 16.8. The Kier molecular flexibility index (Phi) is 5.27. The van der Waals surface area contributed by atoms with E-state index in [2.05, 4.69) is 6.07 Å². The minimum atomic E-state index is 0.529. The monoisotopic (exact) mass is 309 g/mol. The first-order chi connectivity index (χ1) is 11.1. The Morgan fingerprint density at radius 1 is 0.957 bits per heavy atom. The van der Waals surface area contributed by atoms with Crippen molar-refractivity contribution in [2.75, 3.05) is 21.3 Å². The molecule has 118 valence electrons. The lowest BCUT2D eigenvalue weighted by Gasteiger charge is -2.13. The molecule has 0 saturated heterocycles. The van der Waals surface area contributed by atoms with Gasteiger partial charge in [0.15, 0.2) is 11.5 Å². The zero-order valence-electron chi connectivity index (χ0n) is 13.7. The summed E-state index contributed by atoms with van der Waals surface area (Å²) in [5, 5.41) is 9.46. The van der Waals surface area contributed by atoms with Gasteiger partial charge in [-0.1, -0.05) is 29.8 Å². The molecule has 0 aromatic heterocycles. The van der Waals surface area contributed by atoms with E-state index in [1.807, 2.05) is 43.3 Å². The molecule has 23 heavy (non-hydrogen) atoms. The predicted octanol–water partition coefficient (Wildman–Crippen LogP) is 4.09. The number of benzene rings is 2. The highest BCUT2D eigenvalue weighted by Crippen LogP contribution is 2.39. The van der Waals surface area contributed by atoms with Gasteiger partial charge in [0.25, 0.3) is 0 Å². The van der Waals surface area contributed by atoms with Gasteiger partial charge in [0.05, 0.1) is 33.0 Å². The van der Waals surface area contributed by atoms with Crippen molar-refractivity contribution in [3.8, 4) is 23.3 Å².